The van der Waals surface area contributed by atoms with Crippen molar-refractivity contribution in [3.63, 3.8) is 0 Å². The van der Waals surface area contributed by atoms with Gasteiger partial charge < -0.3 is 4.74 Å². The van der Waals surface area contributed by atoms with Gasteiger partial charge in [0.2, 0.25) is 15.2 Å². The van der Waals surface area contributed by atoms with Crippen LogP contribution in [0.15, 0.2) is 47.4 Å². The van der Waals surface area contributed by atoms with E-state index >= 15 is 0 Å². The van der Waals surface area contributed by atoms with Crippen molar-refractivity contribution in [1.29, 1.82) is 0 Å². The topological polar surface area (TPSA) is 101 Å². The maximum absolute atomic E-state index is 12.9. The number of rotatable bonds is 5. The second-order valence-electron chi connectivity index (χ2n) is 6.50. The monoisotopic (exact) mass is 498 g/mol. The highest BCUT2D eigenvalue weighted by Crippen LogP contribution is 2.32. The fraction of sp³-hybridized carbons (Fsp3) is 0.211. The summed E-state index contributed by atoms with van der Waals surface area (Å²) >= 11 is 13.5. The van der Waals surface area contributed by atoms with Crippen LogP contribution in [-0.4, -0.2) is 55.1 Å². The van der Waals surface area contributed by atoms with Gasteiger partial charge in [-0.3, -0.25) is 10.1 Å². The molecule has 0 aliphatic carbocycles. The maximum Gasteiger partial charge on any atom is 0.259 e. The minimum absolute atomic E-state index is 0.0158. The molecule has 0 unspecified atom stereocenters. The zero-order chi connectivity index (χ0) is 22.0. The molecule has 0 atom stereocenters. The summed E-state index contributed by atoms with van der Waals surface area (Å²) in [6, 6.07) is 11.2. The minimum Gasteiger partial charge on any atom is -0.379 e. The molecule has 8 nitrogen and oxygen atoms in total. The van der Waals surface area contributed by atoms with Gasteiger partial charge in [0.15, 0.2) is 5.01 Å². The van der Waals surface area contributed by atoms with E-state index in [1.807, 2.05) is 6.07 Å². The van der Waals surface area contributed by atoms with Gasteiger partial charge in [-0.05, 0) is 24.3 Å². The highest BCUT2D eigenvalue weighted by molar-refractivity contribution is 7.89. The summed E-state index contributed by atoms with van der Waals surface area (Å²) in [5.74, 6) is -0.592. The molecule has 162 valence electrons. The van der Waals surface area contributed by atoms with E-state index in [4.69, 9.17) is 27.9 Å². The van der Waals surface area contributed by atoms with Crippen molar-refractivity contribution >= 4 is 55.6 Å². The fourth-order valence-electron chi connectivity index (χ4n) is 2.96. The Morgan fingerprint density at radius 1 is 1.06 bits per heavy atom. The number of benzene rings is 2. The van der Waals surface area contributed by atoms with Crippen molar-refractivity contribution in [1.82, 2.24) is 14.5 Å². The molecule has 1 aliphatic rings. The Labute approximate surface area is 192 Å². The highest BCUT2D eigenvalue weighted by Gasteiger charge is 2.28. The second kappa shape index (κ2) is 9.19. The first-order valence-corrected chi connectivity index (χ1v) is 12.1. The number of hydrogen-bond acceptors (Lipinski definition) is 7. The molecule has 1 aliphatic heterocycles. The van der Waals surface area contributed by atoms with Crippen LogP contribution >= 0.6 is 34.5 Å². The number of morpholine rings is 1. The van der Waals surface area contributed by atoms with E-state index in [9.17, 15) is 13.2 Å². The SMILES string of the molecule is O=C(Nc1nnc(-c2ccccc2Cl)s1)c1cc(S(=O)(=O)N2CCOCC2)ccc1Cl. The van der Waals surface area contributed by atoms with Crippen LogP contribution < -0.4 is 5.32 Å². The lowest BCUT2D eigenvalue weighted by Crippen LogP contribution is -2.40. The van der Waals surface area contributed by atoms with Gasteiger partial charge in [0.05, 0.1) is 33.7 Å². The minimum atomic E-state index is -3.77. The number of hydrogen-bond donors (Lipinski definition) is 1. The molecule has 12 heteroatoms. The van der Waals surface area contributed by atoms with Crippen molar-refractivity contribution in [3.8, 4) is 10.6 Å². The van der Waals surface area contributed by atoms with Crippen LogP contribution in [0.1, 0.15) is 10.4 Å². The first kappa shape index (κ1) is 22.1. The molecule has 4 rings (SSSR count). The summed E-state index contributed by atoms with van der Waals surface area (Å²) in [5, 5.41) is 12.0. The van der Waals surface area contributed by atoms with Crippen LogP contribution in [0.5, 0.6) is 0 Å². The maximum atomic E-state index is 12.9. The van der Waals surface area contributed by atoms with Crippen LogP contribution in [0.3, 0.4) is 0 Å². The molecule has 0 bridgehead atoms. The number of carbonyl (C=O) groups excluding carboxylic acids is 1. The van der Waals surface area contributed by atoms with Gasteiger partial charge in [-0.15, -0.1) is 10.2 Å². The average Bonchev–Trinajstić information content (AvgIpc) is 3.23. The van der Waals surface area contributed by atoms with Crippen LogP contribution in [0.25, 0.3) is 10.6 Å². The number of nitrogens with one attached hydrogen (secondary N) is 1. The zero-order valence-electron chi connectivity index (χ0n) is 15.9. The van der Waals surface area contributed by atoms with E-state index in [2.05, 4.69) is 15.5 Å². The number of halogens is 2. The van der Waals surface area contributed by atoms with Gasteiger partial charge in [-0.1, -0.05) is 52.7 Å². The lowest BCUT2D eigenvalue weighted by atomic mass is 10.2. The number of ether oxygens (including phenoxy) is 1. The summed E-state index contributed by atoms with van der Waals surface area (Å²) in [6.45, 7) is 1.15. The summed E-state index contributed by atoms with van der Waals surface area (Å²) in [6.07, 6.45) is 0. The molecule has 0 radical (unpaired) electrons. The number of aromatic nitrogens is 2. The summed E-state index contributed by atoms with van der Waals surface area (Å²) in [4.78, 5) is 12.8. The molecular formula is C19H16Cl2N4O4S2. The Balaban J connectivity index is 1.57. The average molecular weight is 499 g/mol. The predicted molar refractivity (Wildman–Crippen MR) is 119 cm³/mol. The van der Waals surface area contributed by atoms with Crippen LogP contribution in [0.4, 0.5) is 5.13 Å². The largest absolute Gasteiger partial charge is 0.379 e. The van der Waals surface area contributed by atoms with E-state index in [1.165, 1.54) is 22.5 Å². The summed E-state index contributed by atoms with van der Waals surface area (Å²) < 4.78 is 32.3. The van der Waals surface area contributed by atoms with Crippen LogP contribution in [0, 0.1) is 0 Å². The number of sulfonamides is 1. The first-order valence-electron chi connectivity index (χ1n) is 9.13. The Morgan fingerprint density at radius 3 is 2.55 bits per heavy atom. The van der Waals surface area contributed by atoms with Gasteiger partial charge in [0.1, 0.15) is 0 Å². The standard InChI is InChI=1S/C19H16Cl2N4O4S2/c20-15-4-2-1-3-13(15)18-23-24-19(30-18)22-17(26)14-11-12(5-6-16(14)21)31(27,28)25-7-9-29-10-8-25/h1-6,11H,7-10H2,(H,22,24,26). The molecular weight excluding hydrogens is 483 g/mol. The molecule has 1 amide bonds. The lowest BCUT2D eigenvalue weighted by Gasteiger charge is -2.26. The number of amides is 1. The lowest BCUT2D eigenvalue weighted by molar-refractivity contribution is 0.0730. The predicted octanol–water partition coefficient (Wildman–Crippen LogP) is 3.79. The Bertz CT molecular complexity index is 1230. The molecule has 1 aromatic heterocycles. The molecule has 0 saturated carbocycles. The first-order chi connectivity index (χ1) is 14.9. The van der Waals surface area contributed by atoms with E-state index in [0.717, 1.165) is 11.3 Å². The number of nitrogens with zero attached hydrogens (tertiary/aromatic N) is 3. The summed E-state index contributed by atoms with van der Waals surface area (Å²) in [7, 11) is -3.77. The van der Waals surface area contributed by atoms with Crippen molar-refractivity contribution < 1.29 is 17.9 Å². The third-order valence-corrected chi connectivity index (χ3v) is 7.97. The molecule has 3 aromatic rings. The Kier molecular flexibility index (Phi) is 6.56. The second-order valence-corrected chi connectivity index (χ2v) is 10.2. The smallest absolute Gasteiger partial charge is 0.259 e. The van der Waals surface area contributed by atoms with E-state index in [-0.39, 0.29) is 33.7 Å². The molecule has 1 fully saturated rings. The van der Waals surface area contributed by atoms with Gasteiger partial charge in [-0.25, -0.2) is 8.42 Å². The third-order valence-electron chi connectivity index (χ3n) is 4.54. The summed E-state index contributed by atoms with van der Waals surface area (Å²) in [5.41, 5.74) is 0.712. The van der Waals surface area contributed by atoms with Gasteiger partial charge in [0.25, 0.3) is 5.91 Å². The van der Waals surface area contributed by atoms with Crippen molar-refractivity contribution in [2.45, 2.75) is 4.90 Å². The molecule has 0 spiro atoms. The van der Waals surface area contributed by atoms with E-state index < -0.39 is 15.9 Å². The molecule has 1 N–H and O–H groups in total. The van der Waals surface area contributed by atoms with Gasteiger partial charge >= 0.3 is 0 Å². The number of anilines is 1. The molecule has 31 heavy (non-hydrogen) atoms. The third kappa shape index (κ3) is 4.74. The molecule has 2 heterocycles. The van der Waals surface area contributed by atoms with Crippen molar-refractivity contribution in [2.24, 2.45) is 0 Å². The van der Waals surface area contributed by atoms with Gasteiger partial charge in [-0.2, -0.15) is 4.31 Å². The quantitative estimate of drug-likeness (QED) is 0.574. The Hall–Kier alpha value is -2.08. The van der Waals surface area contributed by atoms with Crippen molar-refractivity contribution in [2.75, 3.05) is 31.6 Å². The Morgan fingerprint density at radius 2 is 1.81 bits per heavy atom. The van der Waals surface area contributed by atoms with Crippen molar-refractivity contribution in [3.05, 3.63) is 58.1 Å². The fourth-order valence-corrected chi connectivity index (χ4v) is 5.65. The molecule has 1 saturated heterocycles. The number of carbonyl (C=O) groups is 1. The van der Waals surface area contributed by atoms with Crippen LogP contribution in [0.2, 0.25) is 10.0 Å². The normalized spacial score (nSPS) is 15.0. The van der Waals surface area contributed by atoms with Gasteiger partial charge in [0, 0.05) is 18.7 Å². The molecule has 2 aromatic carbocycles. The van der Waals surface area contributed by atoms with E-state index in [0.29, 0.717) is 28.8 Å². The van der Waals surface area contributed by atoms with Crippen LogP contribution in [-0.2, 0) is 14.8 Å². The highest BCUT2D eigenvalue weighted by atomic mass is 35.5. The zero-order valence-corrected chi connectivity index (χ0v) is 19.1. The van der Waals surface area contributed by atoms with E-state index in [1.54, 1.807) is 18.2 Å².